The molecule has 0 bridgehead atoms. The molecule has 28 heavy (non-hydrogen) atoms. The average Bonchev–Trinajstić information content (AvgIpc) is 2.71. The van der Waals surface area contributed by atoms with Crippen LogP contribution in [0.1, 0.15) is 21.6 Å². The lowest BCUT2D eigenvalue weighted by atomic mass is 10.1. The highest BCUT2D eigenvalue weighted by atomic mass is 16.5. The molecule has 1 heterocycles. The molecular weight excluding hydrogens is 354 g/mol. The molecule has 144 valence electrons. The number of nitrogens with one attached hydrogen (secondary N) is 2. The van der Waals surface area contributed by atoms with E-state index in [1.807, 2.05) is 44.2 Å². The average molecular weight is 377 g/mol. The molecule has 0 radical (unpaired) electrons. The van der Waals surface area contributed by atoms with Crippen molar-refractivity contribution in [1.29, 1.82) is 0 Å². The van der Waals surface area contributed by atoms with Crippen molar-refractivity contribution < 1.29 is 14.3 Å². The first-order valence-electron chi connectivity index (χ1n) is 8.84. The van der Waals surface area contributed by atoms with Crippen molar-refractivity contribution in [3.05, 3.63) is 71.5 Å². The monoisotopic (exact) mass is 377 g/mol. The third-order valence-corrected chi connectivity index (χ3v) is 4.40. The lowest BCUT2D eigenvalue weighted by Crippen LogP contribution is -2.15. The number of benzene rings is 2. The maximum Gasteiger partial charge on any atom is 0.274 e. The van der Waals surface area contributed by atoms with Gasteiger partial charge in [-0.05, 0) is 49.2 Å². The Labute approximate surface area is 164 Å². The molecule has 0 fully saturated rings. The standard InChI is InChI=1S/C22H23N3O3/c1-14-6-5-7-15(2)21(14)25-22(26)19-10-8-16(13-23-19)24-18-11-9-17(27-3)12-20(18)28-4/h5-13,24H,1-4H3,(H,25,26). The molecule has 0 aliphatic heterocycles. The van der Waals surface area contributed by atoms with Crippen molar-refractivity contribution in [2.24, 2.45) is 0 Å². The summed E-state index contributed by atoms with van der Waals surface area (Å²) in [6.07, 6.45) is 1.61. The van der Waals surface area contributed by atoms with Crippen molar-refractivity contribution in [1.82, 2.24) is 4.98 Å². The number of para-hydroxylation sites is 1. The van der Waals surface area contributed by atoms with Crippen molar-refractivity contribution >= 4 is 23.0 Å². The molecule has 6 nitrogen and oxygen atoms in total. The number of hydrogen-bond donors (Lipinski definition) is 2. The van der Waals surface area contributed by atoms with Crippen LogP contribution >= 0.6 is 0 Å². The summed E-state index contributed by atoms with van der Waals surface area (Å²) in [6, 6.07) is 14.9. The number of amides is 1. The van der Waals surface area contributed by atoms with Gasteiger partial charge in [-0.2, -0.15) is 0 Å². The molecule has 2 N–H and O–H groups in total. The van der Waals surface area contributed by atoms with E-state index in [1.165, 1.54) is 0 Å². The second-order valence-corrected chi connectivity index (χ2v) is 6.34. The molecular formula is C22H23N3O3. The summed E-state index contributed by atoms with van der Waals surface area (Å²) in [7, 11) is 3.20. The number of aromatic nitrogens is 1. The van der Waals surface area contributed by atoms with E-state index in [0.29, 0.717) is 17.2 Å². The highest BCUT2D eigenvalue weighted by molar-refractivity contribution is 6.03. The Kier molecular flexibility index (Phi) is 5.79. The molecule has 2 aromatic carbocycles. The first-order chi connectivity index (χ1) is 13.5. The van der Waals surface area contributed by atoms with E-state index in [2.05, 4.69) is 15.6 Å². The Bertz CT molecular complexity index is 965. The Morgan fingerprint density at radius 1 is 0.964 bits per heavy atom. The molecule has 0 saturated carbocycles. The van der Waals surface area contributed by atoms with Gasteiger partial charge in [0.1, 0.15) is 17.2 Å². The van der Waals surface area contributed by atoms with Gasteiger partial charge in [-0.25, -0.2) is 4.98 Å². The normalized spacial score (nSPS) is 10.3. The predicted molar refractivity (Wildman–Crippen MR) is 111 cm³/mol. The predicted octanol–water partition coefficient (Wildman–Crippen LogP) is 4.71. The van der Waals surface area contributed by atoms with Gasteiger partial charge in [-0.3, -0.25) is 4.79 Å². The van der Waals surface area contributed by atoms with Crippen LogP contribution in [0.25, 0.3) is 0 Å². The second kappa shape index (κ2) is 8.43. The highest BCUT2D eigenvalue weighted by Crippen LogP contribution is 2.31. The largest absolute Gasteiger partial charge is 0.497 e. The Morgan fingerprint density at radius 2 is 1.71 bits per heavy atom. The lowest BCUT2D eigenvalue weighted by Gasteiger charge is -2.13. The maximum atomic E-state index is 12.5. The zero-order chi connectivity index (χ0) is 20.1. The smallest absolute Gasteiger partial charge is 0.274 e. The minimum atomic E-state index is -0.244. The topological polar surface area (TPSA) is 72.5 Å². The number of carbonyl (C=O) groups is 1. The van der Waals surface area contributed by atoms with Crippen LogP contribution in [0.15, 0.2) is 54.7 Å². The molecule has 3 aromatic rings. The van der Waals surface area contributed by atoms with Crippen LogP contribution in [-0.4, -0.2) is 25.1 Å². The van der Waals surface area contributed by atoms with Gasteiger partial charge in [0.05, 0.1) is 31.8 Å². The molecule has 6 heteroatoms. The van der Waals surface area contributed by atoms with Crippen LogP contribution in [0.4, 0.5) is 17.1 Å². The fourth-order valence-corrected chi connectivity index (χ4v) is 2.85. The van der Waals surface area contributed by atoms with Crippen molar-refractivity contribution in [3.8, 4) is 11.5 Å². The van der Waals surface area contributed by atoms with Crippen molar-refractivity contribution in [2.45, 2.75) is 13.8 Å². The van der Waals surface area contributed by atoms with Crippen LogP contribution in [0, 0.1) is 13.8 Å². The van der Waals surface area contributed by atoms with Gasteiger partial charge < -0.3 is 20.1 Å². The molecule has 1 aromatic heterocycles. The van der Waals surface area contributed by atoms with Gasteiger partial charge >= 0.3 is 0 Å². The van der Waals surface area contributed by atoms with Gasteiger partial charge in [0.15, 0.2) is 0 Å². The number of hydrogen-bond acceptors (Lipinski definition) is 5. The second-order valence-electron chi connectivity index (χ2n) is 6.34. The Hall–Kier alpha value is -3.54. The van der Waals surface area contributed by atoms with Gasteiger partial charge in [-0.1, -0.05) is 18.2 Å². The summed E-state index contributed by atoms with van der Waals surface area (Å²) >= 11 is 0. The zero-order valence-corrected chi connectivity index (χ0v) is 16.4. The molecule has 0 spiro atoms. The van der Waals surface area contributed by atoms with E-state index in [4.69, 9.17) is 9.47 Å². The SMILES string of the molecule is COc1ccc(Nc2ccc(C(=O)Nc3c(C)cccc3C)nc2)c(OC)c1. The highest BCUT2D eigenvalue weighted by Gasteiger charge is 2.11. The van der Waals surface area contributed by atoms with Crippen molar-refractivity contribution in [3.63, 3.8) is 0 Å². The van der Waals surface area contributed by atoms with E-state index < -0.39 is 0 Å². The molecule has 0 unspecified atom stereocenters. The molecule has 0 saturated heterocycles. The number of aryl methyl sites for hydroxylation is 2. The maximum absolute atomic E-state index is 12.5. The number of rotatable bonds is 6. The zero-order valence-electron chi connectivity index (χ0n) is 16.4. The van der Waals surface area contributed by atoms with Crippen LogP contribution in [0.3, 0.4) is 0 Å². The minimum Gasteiger partial charge on any atom is -0.497 e. The summed E-state index contributed by atoms with van der Waals surface area (Å²) in [5.74, 6) is 1.11. The molecule has 0 aliphatic carbocycles. The van der Waals surface area contributed by atoms with Gasteiger partial charge in [0.2, 0.25) is 0 Å². The van der Waals surface area contributed by atoms with Crippen LogP contribution in [-0.2, 0) is 0 Å². The fourth-order valence-electron chi connectivity index (χ4n) is 2.85. The van der Waals surface area contributed by atoms with Gasteiger partial charge in [0.25, 0.3) is 5.91 Å². The van der Waals surface area contributed by atoms with Crippen LogP contribution in [0.5, 0.6) is 11.5 Å². The van der Waals surface area contributed by atoms with E-state index in [-0.39, 0.29) is 5.91 Å². The summed E-state index contributed by atoms with van der Waals surface area (Å²) in [6.45, 7) is 3.93. The number of nitrogens with zero attached hydrogens (tertiary/aromatic N) is 1. The summed E-state index contributed by atoms with van der Waals surface area (Å²) < 4.78 is 10.6. The molecule has 0 aliphatic rings. The minimum absolute atomic E-state index is 0.244. The van der Waals surface area contributed by atoms with E-state index >= 15 is 0 Å². The first kappa shape index (κ1) is 19.2. The van der Waals surface area contributed by atoms with Crippen LogP contribution < -0.4 is 20.1 Å². The first-order valence-corrected chi connectivity index (χ1v) is 8.84. The third-order valence-electron chi connectivity index (χ3n) is 4.40. The van der Waals surface area contributed by atoms with Gasteiger partial charge in [-0.15, -0.1) is 0 Å². The summed E-state index contributed by atoms with van der Waals surface area (Å²) in [5.41, 5.74) is 4.70. The lowest BCUT2D eigenvalue weighted by molar-refractivity contribution is 0.102. The fraction of sp³-hybridized carbons (Fsp3) is 0.182. The van der Waals surface area contributed by atoms with Crippen LogP contribution in [0.2, 0.25) is 0 Å². The summed E-state index contributed by atoms with van der Waals surface area (Å²) in [5, 5.41) is 6.17. The van der Waals surface area contributed by atoms with E-state index in [1.54, 1.807) is 38.6 Å². The van der Waals surface area contributed by atoms with E-state index in [0.717, 1.165) is 28.2 Å². The van der Waals surface area contributed by atoms with Crippen molar-refractivity contribution in [2.75, 3.05) is 24.9 Å². The molecule has 1 amide bonds. The number of ether oxygens (including phenoxy) is 2. The third kappa shape index (κ3) is 4.23. The summed E-state index contributed by atoms with van der Waals surface area (Å²) in [4.78, 5) is 16.8. The van der Waals surface area contributed by atoms with Gasteiger partial charge in [0, 0.05) is 11.8 Å². The number of pyridine rings is 1. The van der Waals surface area contributed by atoms with E-state index in [9.17, 15) is 4.79 Å². The number of methoxy groups -OCH3 is 2. The number of carbonyl (C=O) groups excluding carboxylic acids is 1. The molecule has 3 rings (SSSR count). The Balaban J connectivity index is 1.74. The number of anilines is 3. The Morgan fingerprint density at radius 3 is 2.32 bits per heavy atom. The quantitative estimate of drug-likeness (QED) is 0.651. The molecule has 0 atom stereocenters.